The molecule has 128 valence electrons. The summed E-state index contributed by atoms with van der Waals surface area (Å²) in [5.74, 6) is 0.857. The van der Waals surface area contributed by atoms with E-state index in [4.69, 9.17) is 9.47 Å². The minimum absolute atomic E-state index is 0.0909. The number of ether oxygens (including phenoxy) is 2. The summed E-state index contributed by atoms with van der Waals surface area (Å²) in [6.45, 7) is 4.58. The number of anilines is 1. The van der Waals surface area contributed by atoms with E-state index in [9.17, 15) is 9.59 Å². The van der Waals surface area contributed by atoms with Crippen molar-refractivity contribution in [3.8, 4) is 5.75 Å². The highest BCUT2D eigenvalue weighted by Gasteiger charge is 2.53. The van der Waals surface area contributed by atoms with Gasteiger partial charge in [-0.1, -0.05) is 6.08 Å². The van der Waals surface area contributed by atoms with E-state index in [0.29, 0.717) is 26.0 Å². The summed E-state index contributed by atoms with van der Waals surface area (Å²) in [6.07, 6.45) is 2.03. The van der Waals surface area contributed by atoms with Crippen molar-refractivity contribution in [1.82, 2.24) is 5.32 Å². The normalized spacial score (nSPS) is 26.9. The van der Waals surface area contributed by atoms with Crippen LogP contribution in [0.25, 0.3) is 0 Å². The second-order valence-electron chi connectivity index (χ2n) is 5.99. The molecule has 1 aromatic rings. The topological polar surface area (TPSA) is 67.9 Å². The molecule has 0 aromatic heterocycles. The molecule has 0 saturated carbocycles. The minimum Gasteiger partial charge on any atom is -0.497 e. The number of rotatable bonds is 6. The highest BCUT2D eigenvalue weighted by molar-refractivity contribution is 6.05. The number of methoxy groups -OCH3 is 1. The first-order valence-electron chi connectivity index (χ1n) is 8.10. The second-order valence-corrected chi connectivity index (χ2v) is 5.99. The Morgan fingerprint density at radius 1 is 1.33 bits per heavy atom. The first-order valence-corrected chi connectivity index (χ1v) is 8.10. The molecule has 0 unspecified atom stereocenters. The summed E-state index contributed by atoms with van der Waals surface area (Å²) in [5, 5.41) is 3.36. The van der Waals surface area contributed by atoms with Gasteiger partial charge >= 0.3 is 0 Å². The molecule has 0 spiro atoms. The van der Waals surface area contributed by atoms with Gasteiger partial charge in [0.05, 0.1) is 19.8 Å². The lowest BCUT2D eigenvalue weighted by molar-refractivity contribution is -0.143. The monoisotopic (exact) mass is 330 g/mol. The number of amides is 1. The van der Waals surface area contributed by atoms with Gasteiger partial charge in [0.1, 0.15) is 11.5 Å². The first-order chi connectivity index (χ1) is 11.7. The van der Waals surface area contributed by atoms with Gasteiger partial charge in [0.2, 0.25) is 0 Å². The lowest BCUT2D eigenvalue weighted by Crippen LogP contribution is -2.73. The van der Waals surface area contributed by atoms with Gasteiger partial charge in [0.15, 0.2) is 6.10 Å². The van der Waals surface area contributed by atoms with E-state index >= 15 is 0 Å². The van der Waals surface area contributed by atoms with Crippen LogP contribution in [0.3, 0.4) is 0 Å². The summed E-state index contributed by atoms with van der Waals surface area (Å²) in [4.78, 5) is 26.1. The van der Waals surface area contributed by atoms with Crippen LogP contribution in [0, 0.1) is 0 Å². The van der Waals surface area contributed by atoms with Crippen molar-refractivity contribution in [2.45, 2.75) is 31.0 Å². The van der Waals surface area contributed by atoms with Crippen LogP contribution in [0.1, 0.15) is 12.8 Å². The van der Waals surface area contributed by atoms with Crippen LogP contribution < -0.4 is 15.0 Å². The van der Waals surface area contributed by atoms with Gasteiger partial charge in [0.25, 0.3) is 5.91 Å². The number of carbonyl (C=O) groups excluding carboxylic acids is 2. The molecule has 1 aromatic carbocycles. The Labute approximate surface area is 141 Å². The van der Waals surface area contributed by atoms with E-state index in [1.54, 1.807) is 18.1 Å². The van der Waals surface area contributed by atoms with Crippen LogP contribution in [0.15, 0.2) is 36.9 Å². The van der Waals surface area contributed by atoms with E-state index in [0.717, 1.165) is 11.4 Å². The fourth-order valence-corrected chi connectivity index (χ4v) is 3.32. The van der Waals surface area contributed by atoms with E-state index in [1.807, 2.05) is 24.3 Å². The number of β-lactam (4-membered cyclic amide) rings is 1. The van der Waals surface area contributed by atoms with Gasteiger partial charge in [-0.2, -0.15) is 0 Å². The third-order valence-corrected chi connectivity index (χ3v) is 4.50. The Kier molecular flexibility index (Phi) is 4.97. The van der Waals surface area contributed by atoms with Gasteiger partial charge in [-0.15, -0.1) is 6.58 Å². The summed E-state index contributed by atoms with van der Waals surface area (Å²) in [5.41, 5.74) is 0.782. The van der Waals surface area contributed by atoms with Gasteiger partial charge in [-0.05, 0) is 24.3 Å². The van der Waals surface area contributed by atoms with E-state index in [1.165, 1.54) is 0 Å². The standard InChI is InChI=1S/C18H22N2O4/c1-3-10-24-17-16(15-11-13(21)8-9-19-15)20(18(17)22)12-4-6-14(23-2)7-5-12/h3-7,15-17,19H,1,8-11H2,2H3/t15-,16-,17+/m0/s1. The molecule has 3 atom stereocenters. The number of nitrogens with zero attached hydrogens (tertiary/aromatic N) is 1. The Hall–Kier alpha value is -2.18. The quantitative estimate of drug-likeness (QED) is 0.629. The van der Waals surface area contributed by atoms with E-state index in [2.05, 4.69) is 11.9 Å². The van der Waals surface area contributed by atoms with Gasteiger partial charge in [-0.3, -0.25) is 9.59 Å². The Bertz CT molecular complexity index is 628. The number of nitrogens with one attached hydrogen (secondary N) is 1. The number of benzene rings is 1. The maximum Gasteiger partial charge on any atom is 0.258 e. The molecule has 2 aliphatic rings. The molecule has 2 heterocycles. The summed E-state index contributed by atoms with van der Waals surface area (Å²) in [6, 6.07) is 7.03. The molecular weight excluding hydrogens is 308 g/mol. The van der Waals surface area contributed by atoms with E-state index in [-0.39, 0.29) is 23.8 Å². The molecule has 2 fully saturated rings. The van der Waals surface area contributed by atoms with Crippen LogP contribution in [-0.4, -0.2) is 50.1 Å². The average molecular weight is 330 g/mol. The number of ketones is 1. The first kappa shape index (κ1) is 16.7. The zero-order valence-corrected chi connectivity index (χ0v) is 13.7. The number of Topliss-reactive ketones (excluding diaryl/α,β-unsaturated/α-hetero) is 1. The predicted molar refractivity (Wildman–Crippen MR) is 90.2 cm³/mol. The van der Waals surface area contributed by atoms with Crippen LogP contribution in [-0.2, 0) is 14.3 Å². The third-order valence-electron chi connectivity index (χ3n) is 4.50. The maximum absolute atomic E-state index is 12.6. The SMILES string of the molecule is C=CCO[C@H]1C(=O)N(c2ccc(OC)cc2)[C@H]1[C@@H]1CC(=O)CCN1. The summed E-state index contributed by atoms with van der Waals surface area (Å²) in [7, 11) is 1.60. The Morgan fingerprint density at radius 2 is 2.08 bits per heavy atom. The molecule has 0 radical (unpaired) electrons. The van der Waals surface area contributed by atoms with Crippen molar-refractivity contribution in [3.63, 3.8) is 0 Å². The van der Waals surface area contributed by atoms with Crippen molar-refractivity contribution in [2.75, 3.05) is 25.2 Å². The molecule has 6 nitrogen and oxygen atoms in total. The van der Waals surface area contributed by atoms with Gasteiger partial charge in [0, 0.05) is 31.1 Å². The Morgan fingerprint density at radius 3 is 2.71 bits per heavy atom. The third kappa shape index (κ3) is 3.07. The van der Waals surface area contributed by atoms with Crippen LogP contribution in [0.2, 0.25) is 0 Å². The molecule has 6 heteroatoms. The van der Waals surface area contributed by atoms with Crippen LogP contribution in [0.5, 0.6) is 5.75 Å². The zero-order chi connectivity index (χ0) is 17.1. The maximum atomic E-state index is 12.6. The minimum atomic E-state index is -0.548. The Balaban J connectivity index is 1.83. The molecule has 3 rings (SSSR count). The highest BCUT2D eigenvalue weighted by atomic mass is 16.5. The molecule has 0 aliphatic carbocycles. The molecule has 2 saturated heterocycles. The number of piperidine rings is 1. The molecule has 1 amide bonds. The smallest absolute Gasteiger partial charge is 0.258 e. The summed E-state index contributed by atoms with van der Waals surface area (Å²) >= 11 is 0. The van der Waals surface area contributed by atoms with Crippen molar-refractivity contribution in [3.05, 3.63) is 36.9 Å². The fraction of sp³-hybridized carbons (Fsp3) is 0.444. The van der Waals surface area contributed by atoms with Crippen LogP contribution >= 0.6 is 0 Å². The predicted octanol–water partition coefficient (Wildman–Crippen LogP) is 1.30. The average Bonchev–Trinajstić information content (AvgIpc) is 2.60. The largest absolute Gasteiger partial charge is 0.497 e. The lowest BCUT2D eigenvalue weighted by Gasteiger charge is -2.50. The van der Waals surface area contributed by atoms with Crippen molar-refractivity contribution in [2.24, 2.45) is 0 Å². The number of hydrogen-bond donors (Lipinski definition) is 1. The second kappa shape index (κ2) is 7.15. The van der Waals surface area contributed by atoms with Crippen molar-refractivity contribution < 1.29 is 19.1 Å². The molecule has 2 aliphatic heterocycles. The molecule has 0 bridgehead atoms. The van der Waals surface area contributed by atoms with Crippen molar-refractivity contribution in [1.29, 1.82) is 0 Å². The number of carbonyl (C=O) groups is 2. The van der Waals surface area contributed by atoms with Gasteiger partial charge in [-0.25, -0.2) is 0 Å². The molecule has 24 heavy (non-hydrogen) atoms. The molecule has 1 N–H and O–H groups in total. The molecular formula is C18H22N2O4. The fourth-order valence-electron chi connectivity index (χ4n) is 3.32. The lowest BCUT2D eigenvalue weighted by atomic mass is 9.85. The van der Waals surface area contributed by atoms with Crippen molar-refractivity contribution >= 4 is 17.4 Å². The summed E-state index contributed by atoms with van der Waals surface area (Å²) < 4.78 is 10.8. The number of hydrogen-bond acceptors (Lipinski definition) is 5. The van der Waals surface area contributed by atoms with E-state index < -0.39 is 6.10 Å². The van der Waals surface area contributed by atoms with Crippen LogP contribution in [0.4, 0.5) is 5.69 Å². The highest BCUT2D eigenvalue weighted by Crippen LogP contribution is 2.34. The van der Waals surface area contributed by atoms with Gasteiger partial charge < -0.3 is 19.7 Å². The zero-order valence-electron chi connectivity index (χ0n) is 13.7.